The molecule has 0 bridgehead atoms. The number of methoxy groups -OCH3 is 2. The molecule has 1 aromatic heterocycles. The van der Waals surface area contributed by atoms with Gasteiger partial charge in [-0.05, 0) is 36.4 Å². The Hall–Kier alpha value is -4.78. The monoisotopic (exact) mass is 449 g/mol. The highest BCUT2D eigenvalue weighted by molar-refractivity contribution is 6.07. The Morgan fingerprint density at radius 2 is 1.70 bits per heavy atom. The number of anilines is 2. The van der Waals surface area contributed by atoms with Gasteiger partial charge in [-0.25, -0.2) is 4.79 Å². The Bertz CT molecular complexity index is 1200. The fourth-order valence-corrected chi connectivity index (χ4v) is 2.78. The lowest BCUT2D eigenvalue weighted by molar-refractivity contribution is -0.119. The van der Waals surface area contributed by atoms with E-state index in [0.717, 1.165) is 0 Å². The summed E-state index contributed by atoms with van der Waals surface area (Å²) in [7, 11) is 2.79. The second-order valence-corrected chi connectivity index (χ2v) is 6.50. The fraction of sp³-hybridized carbons (Fsp3) is 0.130. The molecule has 0 radical (unpaired) electrons. The number of carbonyl (C=O) groups excluding carboxylic acids is 3. The molecule has 168 valence electrons. The number of rotatable bonds is 8. The predicted octanol–water partition coefficient (Wildman–Crippen LogP) is 3.22. The van der Waals surface area contributed by atoms with E-state index in [1.54, 1.807) is 30.3 Å². The van der Waals surface area contributed by atoms with Crippen molar-refractivity contribution < 1.29 is 33.0 Å². The Morgan fingerprint density at radius 1 is 1.00 bits per heavy atom. The van der Waals surface area contributed by atoms with E-state index in [1.807, 2.05) is 6.07 Å². The minimum Gasteiger partial charge on any atom is -0.493 e. The highest BCUT2D eigenvalue weighted by Gasteiger charge is 2.22. The van der Waals surface area contributed by atoms with Gasteiger partial charge < -0.3 is 29.3 Å². The number of benzene rings is 2. The first-order valence-corrected chi connectivity index (χ1v) is 9.53. The number of hydrogen-bond acceptors (Lipinski definition) is 8. The van der Waals surface area contributed by atoms with Crippen molar-refractivity contribution >= 4 is 29.2 Å². The molecule has 0 fully saturated rings. The minimum atomic E-state index is -0.874. The molecule has 0 aliphatic heterocycles. The minimum absolute atomic E-state index is 0.0332. The van der Waals surface area contributed by atoms with Gasteiger partial charge in [-0.15, -0.1) is 0 Å². The summed E-state index contributed by atoms with van der Waals surface area (Å²) in [4.78, 5) is 37.3. The van der Waals surface area contributed by atoms with Gasteiger partial charge in [0, 0.05) is 17.8 Å². The van der Waals surface area contributed by atoms with E-state index in [1.165, 1.54) is 38.7 Å². The van der Waals surface area contributed by atoms with Gasteiger partial charge >= 0.3 is 5.97 Å². The quantitative estimate of drug-likeness (QED) is 0.500. The van der Waals surface area contributed by atoms with Gasteiger partial charge in [-0.2, -0.15) is 5.26 Å². The van der Waals surface area contributed by atoms with E-state index in [4.69, 9.17) is 23.9 Å². The van der Waals surface area contributed by atoms with Crippen LogP contribution in [0, 0.1) is 11.3 Å². The zero-order valence-electron chi connectivity index (χ0n) is 17.7. The molecule has 3 aromatic rings. The maximum atomic E-state index is 12.7. The van der Waals surface area contributed by atoms with Crippen molar-refractivity contribution in [2.45, 2.75) is 0 Å². The van der Waals surface area contributed by atoms with Crippen LogP contribution in [0.3, 0.4) is 0 Å². The van der Waals surface area contributed by atoms with Crippen LogP contribution < -0.4 is 20.1 Å². The van der Waals surface area contributed by atoms with Crippen LogP contribution in [0.5, 0.6) is 11.5 Å². The highest BCUT2D eigenvalue weighted by atomic mass is 16.5. The van der Waals surface area contributed by atoms with Crippen LogP contribution >= 0.6 is 0 Å². The zero-order valence-corrected chi connectivity index (χ0v) is 17.7. The van der Waals surface area contributed by atoms with Gasteiger partial charge in [0.05, 0.1) is 43.4 Å². The van der Waals surface area contributed by atoms with E-state index >= 15 is 0 Å². The molecule has 10 nitrogen and oxygen atoms in total. The second kappa shape index (κ2) is 10.5. The molecule has 2 N–H and O–H groups in total. The number of ether oxygens (including phenoxy) is 3. The van der Waals surface area contributed by atoms with Crippen molar-refractivity contribution in [3.8, 4) is 17.6 Å². The lowest BCUT2D eigenvalue weighted by atomic mass is 10.1. The summed E-state index contributed by atoms with van der Waals surface area (Å²) >= 11 is 0. The van der Waals surface area contributed by atoms with Crippen LogP contribution in [0.1, 0.15) is 26.5 Å². The Kier molecular flexibility index (Phi) is 7.28. The van der Waals surface area contributed by atoms with Gasteiger partial charge in [0.1, 0.15) is 0 Å². The summed E-state index contributed by atoms with van der Waals surface area (Å²) in [6.07, 6.45) is 1.34. The number of hydrogen-bond donors (Lipinski definition) is 2. The van der Waals surface area contributed by atoms with E-state index < -0.39 is 24.4 Å². The van der Waals surface area contributed by atoms with E-state index in [9.17, 15) is 14.4 Å². The molecular weight excluding hydrogens is 430 g/mol. The molecule has 2 amide bonds. The predicted molar refractivity (Wildman–Crippen MR) is 116 cm³/mol. The highest BCUT2D eigenvalue weighted by Crippen LogP contribution is 2.34. The molecule has 0 spiro atoms. The summed E-state index contributed by atoms with van der Waals surface area (Å²) in [6, 6.07) is 13.9. The Morgan fingerprint density at radius 3 is 2.30 bits per heavy atom. The molecule has 0 unspecified atom stereocenters. The standard InChI is InChI=1S/C23H19N3O7/c1-30-19-10-16(17(11-20(19)31-2)26-22(28)18-4-3-9-32-18)23(29)33-13-21(27)25-15-7-5-14(12-24)6-8-15/h3-11H,13H2,1-2H3,(H,25,27)(H,26,28). The van der Waals surface area contributed by atoms with Gasteiger partial charge in [-0.1, -0.05) is 0 Å². The largest absolute Gasteiger partial charge is 0.493 e. The molecule has 3 rings (SSSR count). The van der Waals surface area contributed by atoms with Crippen molar-refractivity contribution in [3.63, 3.8) is 0 Å². The Labute approximate surface area is 188 Å². The second-order valence-electron chi connectivity index (χ2n) is 6.50. The molecule has 0 aliphatic carbocycles. The average molecular weight is 449 g/mol. The van der Waals surface area contributed by atoms with Crippen molar-refractivity contribution in [3.05, 3.63) is 71.7 Å². The fourth-order valence-electron chi connectivity index (χ4n) is 2.78. The van der Waals surface area contributed by atoms with Crippen LogP contribution in [-0.2, 0) is 9.53 Å². The van der Waals surface area contributed by atoms with Crippen LogP contribution in [0.15, 0.2) is 59.2 Å². The van der Waals surface area contributed by atoms with Crippen LogP contribution in [-0.4, -0.2) is 38.6 Å². The number of furan rings is 1. The van der Waals surface area contributed by atoms with Gasteiger partial charge in [0.2, 0.25) is 0 Å². The molecule has 0 saturated heterocycles. The van der Waals surface area contributed by atoms with Gasteiger partial charge in [-0.3, -0.25) is 9.59 Å². The maximum absolute atomic E-state index is 12.7. The van der Waals surface area contributed by atoms with Crippen molar-refractivity contribution in [2.75, 3.05) is 31.5 Å². The SMILES string of the molecule is COc1cc(NC(=O)c2ccco2)c(C(=O)OCC(=O)Nc2ccc(C#N)cc2)cc1OC. The third-order valence-electron chi connectivity index (χ3n) is 4.37. The lowest BCUT2D eigenvalue weighted by Crippen LogP contribution is -2.22. The van der Waals surface area contributed by atoms with Crippen molar-refractivity contribution in [1.82, 2.24) is 0 Å². The first-order chi connectivity index (χ1) is 15.9. The van der Waals surface area contributed by atoms with Gasteiger partial charge in [0.15, 0.2) is 23.9 Å². The number of esters is 1. The van der Waals surface area contributed by atoms with Crippen LogP contribution in [0.25, 0.3) is 0 Å². The summed E-state index contributed by atoms with van der Waals surface area (Å²) in [6.45, 7) is -0.585. The van der Waals surface area contributed by atoms with Crippen molar-refractivity contribution in [1.29, 1.82) is 5.26 Å². The number of nitrogens with zero attached hydrogens (tertiary/aromatic N) is 1. The molecule has 0 saturated carbocycles. The summed E-state index contributed by atoms with van der Waals surface area (Å²) in [5.41, 5.74) is 0.898. The summed E-state index contributed by atoms with van der Waals surface area (Å²) < 4.78 is 20.6. The lowest BCUT2D eigenvalue weighted by Gasteiger charge is -2.15. The smallest absolute Gasteiger partial charge is 0.340 e. The Balaban J connectivity index is 1.74. The maximum Gasteiger partial charge on any atom is 0.340 e. The molecule has 0 atom stereocenters. The van der Waals surface area contributed by atoms with Gasteiger partial charge in [0.25, 0.3) is 11.8 Å². The molecule has 1 heterocycles. The van der Waals surface area contributed by atoms with Crippen LogP contribution in [0.2, 0.25) is 0 Å². The molecule has 2 aromatic carbocycles. The topological polar surface area (TPSA) is 140 Å². The summed E-state index contributed by atoms with van der Waals surface area (Å²) in [5.74, 6) is -1.54. The first kappa shape index (κ1) is 22.9. The number of nitrogens with one attached hydrogen (secondary N) is 2. The number of carbonyl (C=O) groups is 3. The third-order valence-corrected chi connectivity index (χ3v) is 4.37. The molecule has 33 heavy (non-hydrogen) atoms. The van der Waals surface area contributed by atoms with Crippen LogP contribution in [0.4, 0.5) is 11.4 Å². The zero-order chi connectivity index (χ0) is 23.8. The molecular formula is C23H19N3O7. The van der Waals surface area contributed by atoms with E-state index in [0.29, 0.717) is 11.3 Å². The van der Waals surface area contributed by atoms with Crippen molar-refractivity contribution in [2.24, 2.45) is 0 Å². The number of amides is 2. The third kappa shape index (κ3) is 5.68. The van der Waals surface area contributed by atoms with E-state index in [-0.39, 0.29) is 28.5 Å². The number of nitriles is 1. The molecule has 0 aliphatic rings. The molecule has 10 heteroatoms. The average Bonchev–Trinajstić information content (AvgIpc) is 3.38. The first-order valence-electron chi connectivity index (χ1n) is 9.53. The normalized spacial score (nSPS) is 9.97. The summed E-state index contributed by atoms with van der Waals surface area (Å²) in [5, 5.41) is 13.9. The van der Waals surface area contributed by atoms with E-state index in [2.05, 4.69) is 10.6 Å².